The Morgan fingerprint density at radius 1 is 1.33 bits per heavy atom. The summed E-state index contributed by atoms with van der Waals surface area (Å²) < 4.78 is 0. The van der Waals surface area contributed by atoms with Crippen molar-refractivity contribution in [1.29, 1.82) is 0 Å². The first-order valence-electron chi connectivity index (χ1n) is 6.89. The second-order valence-electron chi connectivity index (χ2n) is 5.43. The van der Waals surface area contributed by atoms with E-state index in [1.54, 1.807) is 0 Å². The summed E-state index contributed by atoms with van der Waals surface area (Å²) in [4.78, 5) is 21.4. The van der Waals surface area contributed by atoms with Crippen LogP contribution in [0.25, 0.3) is 0 Å². The Balaban J connectivity index is 2.18. The molecule has 0 saturated heterocycles. The number of nitrogens with zero attached hydrogens (tertiary/aromatic N) is 1. The fraction of sp³-hybridized carbons (Fsp3) is 0.500. The van der Waals surface area contributed by atoms with Gasteiger partial charge in [-0.3, -0.25) is 10.1 Å². The third-order valence-corrected chi connectivity index (χ3v) is 3.83. The lowest BCUT2D eigenvalue weighted by molar-refractivity contribution is -0.384. The summed E-state index contributed by atoms with van der Waals surface area (Å²) >= 11 is 0. The van der Waals surface area contributed by atoms with E-state index in [9.17, 15) is 20.0 Å². The van der Waals surface area contributed by atoms with Crippen molar-refractivity contribution < 1.29 is 19.9 Å². The van der Waals surface area contributed by atoms with E-state index in [0.717, 1.165) is 25.3 Å². The Morgan fingerprint density at radius 2 is 2.00 bits per heavy atom. The highest BCUT2D eigenvalue weighted by molar-refractivity contribution is 5.90. The molecular weight excluding hydrogens is 276 g/mol. The van der Waals surface area contributed by atoms with Gasteiger partial charge in [0, 0.05) is 12.6 Å². The molecule has 7 heteroatoms. The molecule has 1 aliphatic carbocycles. The Hall–Kier alpha value is -2.15. The van der Waals surface area contributed by atoms with Gasteiger partial charge in [-0.25, -0.2) is 4.79 Å². The molecule has 0 unspecified atom stereocenters. The highest BCUT2D eigenvalue weighted by Gasteiger charge is 2.29. The summed E-state index contributed by atoms with van der Waals surface area (Å²) in [5, 5.41) is 33.2. The number of nitro benzene ring substituents is 1. The normalized spacial score (nSPS) is 17.2. The molecule has 1 aliphatic rings. The summed E-state index contributed by atoms with van der Waals surface area (Å²) in [7, 11) is 0. The molecule has 7 nitrogen and oxygen atoms in total. The zero-order chi connectivity index (χ0) is 15.5. The number of anilines is 1. The maximum Gasteiger partial charge on any atom is 0.335 e. The van der Waals surface area contributed by atoms with E-state index < -0.39 is 16.5 Å². The van der Waals surface area contributed by atoms with Crippen molar-refractivity contribution in [2.75, 3.05) is 11.9 Å². The highest BCUT2D eigenvalue weighted by Crippen LogP contribution is 2.30. The second-order valence-corrected chi connectivity index (χ2v) is 5.43. The molecule has 114 valence electrons. The highest BCUT2D eigenvalue weighted by atomic mass is 16.6. The first-order chi connectivity index (χ1) is 9.91. The SMILES string of the molecule is O=C(O)c1ccc([N+](=O)[O-])c(NCC2(O)CCCCC2)c1. The van der Waals surface area contributed by atoms with E-state index in [0.29, 0.717) is 12.8 Å². The molecule has 2 rings (SSSR count). The molecule has 1 fully saturated rings. The minimum Gasteiger partial charge on any atom is -0.478 e. The Labute approximate surface area is 121 Å². The molecule has 0 radical (unpaired) electrons. The number of rotatable bonds is 5. The van der Waals surface area contributed by atoms with E-state index in [2.05, 4.69) is 5.32 Å². The Morgan fingerprint density at radius 3 is 2.57 bits per heavy atom. The van der Waals surface area contributed by atoms with Crippen LogP contribution in [-0.2, 0) is 0 Å². The van der Waals surface area contributed by atoms with Crippen LogP contribution in [0.1, 0.15) is 42.5 Å². The van der Waals surface area contributed by atoms with E-state index >= 15 is 0 Å². The van der Waals surface area contributed by atoms with Gasteiger partial charge in [0.15, 0.2) is 0 Å². The van der Waals surface area contributed by atoms with Crippen LogP contribution in [-0.4, -0.2) is 33.3 Å². The van der Waals surface area contributed by atoms with Gasteiger partial charge in [0.25, 0.3) is 5.69 Å². The molecule has 1 aromatic rings. The molecule has 3 N–H and O–H groups in total. The van der Waals surface area contributed by atoms with Gasteiger partial charge in [-0.2, -0.15) is 0 Å². The topological polar surface area (TPSA) is 113 Å². The maximum absolute atomic E-state index is 11.0. The minimum atomic E-state index is -1.15. The van der Waals surface area contributed by atoms with Crippen LogP contribution in [0.15, 0.2) is 18.2 Å². The number of benzene rings is 1. The molecule has 0 aliphatic heterocycles. The van der Waals surface area contributed by atoms with Gasteiger partial charge in [0.2, 0.25) is 0 Å². The van der Waals surface area contributed by atoms with Gasteiger partial charge in [-0.1, -0.05) is 19.3 Å². The molecular formula is C14H18N2O5. The average Bonchev–Trinajstić information content (AvgIpc) is 2.45. The molecule has 21 heavy (non-hydrogen) atoms. The molecule has 0 aromatic heterocycles. The van der Waals surface area contributed by atoms with Gasteiger partial charge in [0.1, 0.15) is 5.69 Å². The third kappa shape index (κ3) is 3.69. The van der Waals surface area contributed by atoms with Crippen molar-refractivity contribution in [2.45, 2.75) is 37.7 Å². The first kappa shape index (κ1) is 15.2. The summed E-state index contributed by atoms with van der Waals surface area (Å²) in [5.74, 6) is -1.15. The van der Waals surface area contributed by atoms with Crippen molar-refractivity contribution in [3.63, 3.8) is 0 Å². The van der Waals surface area contributed by atoms with Gasteiger partial charge in [-0.15, -0.1) is 0 Å². The average molecular weight is 294 g/mol. The zero-order valence-electron chi connectivity index (χ0n) is 11.5. The number of nitro groups is 1. The van der Waals surface area contributed by atoms with Gasteiger partial charge in [-0.05, 0) is 25.0 Å². The number of carboxylic acids is 1. The second kappa shape index (κ2) is 6.09. The van der Waals surface area contributed by atoms with Gasteiger partial charge >= 0.3 is 5.97 Å². The number of carbonyl (C=O) groups is 1. The van der Waals surface area contributed by atoms with Crippen LogP contribution >= 0.6 is 0 Å². The van der Waals surface area contributed by atoms with E-state index in [1.165, 1.54) is 12.1 Å². The quantitative estimate of drug-likeness (QED) is 0.567. The van der Waals surface area contributed by atoms with Crippen LogP contribution in [0.3, 0.4) is 0 Å². The summed E-state index contributed by atoms with van der Waals surface area (Å²) in [5.41, 5.74) is -0.984. The fourth-order valence-electron chi connectivity index (χ4n) is 2.62. The smallest absolute Gasteiger partial charge is 0.335 e. The fourth-order valence-corrected chi connectivity index (χ4v) is 2.62. The lowest BCUT2D eigenvalue weighted by atomic mass is 9.85. The summed E-state index contributed by atoms with van der Waals surface area (Å²) in [6.45, 7) is 0.177. The van der Waals surface area contributed by atoms with Crippen molar-refractivity contribution in [3.05, 3.63) is 33.9 Å². The molecule has 1 aromatic carbocycles. The van der Waals surface area contributed by atoms with Gasteiger partial charge < -0.3 is 15.5 Å². The number of aliphatic hydroxyl groups is 1. The molecule has 0 spiro atoms. The number of nitrogens with one attached hydrogen (secondary N) is 1. The predicted molar refractivity (Wildman–Crippen MR) is 76.6 cm³/mol. The largest absolute Gasteiger partial charge is 0.478 e. The summed E-state index contributed by atoms with van der Waals surface area (Å²) in [6.07, 6.45) is 4.22. The van der Waals surface area contributed by atoms with Crippen LogP contribution in [0.4, 0.5) is 11.4 Å². The van der Waals surface area contributed by atoms with Crippen LogP contribution in [0.5, 0.6) is 0 Å². The van der Waals surface area contributed by atoms with Crippen molar-refractivity contribution in [1.82, 2.24) is 0 Å². The lowest BCUT2D eigenvalue weighted by Gasteiger charge is -2.32. The monoisotopic (exact) mass is 294 g/mol. The number of hydrogen-bond donors (Lipinski definition) is 3. The molecule has 0 heterocycles. The maximum atomic E-state index is 11.0. The van der Waals surface area contributed by atoms with Crippen LogP contribution in [0.2, 0.25) is 0 Å². The first-order valence-corrected chi connectivity index (χ1v) is 6.89. The lowest BCUT2D eigenvalue weighted by Crippen LogP contribution is -2.38. The molecule has 1 saturated carbocycles. The number of aromatic carboxylic acids is 1. The molecule has 0 bridgehead atoms. The molecule has 0 amide bonds. The predicted octanol–water partition coefficient (Wildman–Crippen LogP) is 2.40. The van der Waals surface area contributed by atoms with E-state index in [4.69, 9.17) is 5.11 Å². The number of hydrogen-bond acceptors (Lipinski definition) is 5. The van der Waals surface area contributed by atoms with Crippen molar-refractivity contribution in [2.24, 2.45) is 0 Å². The van der Waals surface area contributed by atoms with Crippen LogP contribution < -0.4 is 5.32 Å². The number of carboxylic acid groups (broad SMARTS) is 1. The van der Waals surface area contributed by atoms with Crippen molar-refractivity contribution in [3.8, 4) is 0 Å². The Bertz CT molecular complexity index is 552. The standard InChI is InChI=1S/C14H18N2O5/c17-13(18)10-4-5-12(16(20)21)11(8-10)15-9-14(19)6-2-1-3-7-14/h4-5,8,15,19H,1-3,6-7,9H2,(H,17,18). The van der Waals surface area contributed by atoms with Crippen LogP contribution in [0, 0.1) is 10.1 Å². The van der Waals surface area contributed by atoms with E-state index in [1.807, 2.05) is 0 Å². The zero-order valence-corrected chi connectivity index (χ0v) is 11.5. The summed E-state index contributed by atoms with van der Waals surface area (Å²) in [6, 6.07) is 3.59. The Kier molecular flexibility index (Phi) is 4.42. The minimum absolute atomic E-state index is 0.0290. The van der Waals surface area contributed by atoms with Crippen molar-refractivity contribution >= 4 is 17.3 Å². The van der Waals surface area contributed by atoms with Gasteiger partial charge in [0.05, 0.1) is 16.1 Å². The van der Waals surface area contributed by atoms with E-state index in [-0.39, 0.29) is 23.5 Å². The molecule has 0 atom stereocenters. The third-order valence-electron chi connectivity index (χ3n) is 3.83.